The van der Waals surface area contributed by atoms with Crippen LogP contribution in [0.2, 0.25) is 0 Å². The molecular formula is C16H24N2O3. The molecule has 5 nitrogen and oxygen atoms in total. The van der Waals surface area contributed by atoms with Gasteiger partial charge in [-0.3, -0.25) is 0 Å². The quantitative estimate of drug-likeness (QED) is 0.740. The molecule has 0 aliphatic carbocycles. The van der Waals surface area contributed by atoms with Gasteiger partial charge in [0.25, 0.3) is 0 Å². The second kappa shape index (κ2) is 8.44. The number of ether oxygens (including phenoxy) is 1. The van der Waals surface area contributed by atoms with Crippen molar-refractivity contribution in [3.05, 3.63) is 35.4 Å². The van der Waals surface area contributed by atoms with Gasteiger partial charge >= 0.3 is 5.97 Å². The number of carboxylic acids is 1. The number of methoxy groups -OCH3 is 1. The fraction of sp³-hybridized carbons (Fsp3) is 0.438. The van der Waals surface area contributed by atoms with Crippen molar-refractivity contribution < 1.29 is 14.6 Å². The minimum absolute atomic E-state index is 0.756. The summed E-state index contributed by atoms with van der Waals surface area (Å²) < 4.78 is 5.37. The lowest BCUT2D eigenvalue weighted by Gasteiger charge is -2.20. The topological polar surface area (TPSA) is 53.0 Å². The summed E-state index contributed by atoms with van der Waals surface area (Å²) in [5.74, 6) is -0.130. The van der Waals surface area contributed by atoms with Crippen LogP contribution in [0.3, 0.4) is 0 Å². The first-order chi connectivity index (χ1) is 9.92. The van der Waals surface area contributed by atoms with E-state index in [2.05, 4.69) is 16.8 Å². The van der Waals surface area contributed by atoms with E-state index >= 15 is 0 Å². The fourth-order valence-corrected chi connectivity index (χ4v) is 1.93. The van der Waals surface area contributed by atoms with E-state index in [9.17, 15) is 4.79 Å². The van der Waals surface area contributed by atoms with Crippen molar-refractivity contribution in [3.8, 4) is 5.75 Å². The smallest absolute Gasteiger partial charge is 0.328 e. The van der Waals surface area contributed by atoms with E-state index in [1.165, 1.54) is 0 Å². The molecule has 1 aromatic carbocycles. The molecule has 0 saturated carbocycles. The van der Waals surface area contributed by atoms with E-state index in [1.807, 2.05) is 32.3 Å². The molecule has 0 aliphatic rings. The minimum Gasteiger partial charge on any atom is -0.496 e. The molecule has 0 aromatic heterocycles. The second-order valence-electron chi connectivity index (χ2n) is 5.28. The fourth-order valence-electron chi connectivity index (χ4n) is 1.93. The van der Waals surface area contributed by atoms with Crippen molar-refractivity contribution in [2.45, 2.75) is 6.54 Å². The third kappa shape index (κ3) is 6.42. The van der Waals surface area contributed by atoms with Crippen LogP contribution in [0.4, 0.5) is 0 Å². The Morgan fingerprint density at radius 3 is 2.57 bits per heavy atom. The number of nitrogens with zero attached hydrogens (tertiary/aromatic N) is 2. The lowest BCUT2D eigenvalue weighted by molar-refractivity contribution is -0.131. The number of likely N-dealkylation sites (N-methyl/N-ethyl adjacent to an activating group) is 2. The van der Waals surface area contributed by atoms with Crippen LogP contribution in [0.15, 0.2) is 24.3 Å². The first-order valence-corrected chi connectivity index (χ1v) is 6.83. The number of hydrogen-bond acceptors (Lipinski definition) is 4. The summed E-state index contributed by atoms with van der Waals surface area (Å²) >= 11 is 0. The van der Waals surface area contributed by atoms with Gasteiger partial charge in [0.05, 0.1) is 7.11 Å². The van der Waals surface area contributed by atoms with Crippen LogP contribution in [0.25, 0.3) is 6.08 Å². The zero-order chi connectivity index (χ0) is 15.8. The van der Waals surface area contributed by atoms with Gasteiger partial charge in [0.15, 0.2) is 0 Å². The first-order valence-electron chi connectivity index (χ1n) is 6.83. The molecule has 5 heteroatoms. The molecule has 0 heterocycles. The summed E-state index contributed by atoms with van der Waals surface area (Å²) in [6, 6.07) is 5.68. The molecule has 1 rings (SSSR count). The first kappa shape index (κ1) is 17.2. The molecule has 0 fully saturated rings. The molecule has 1 N–H and O–H groups in total. The van der Waals surface area contributed by atoms with Crippen molar-refractivity contribution in [3.63, 3.8) is 0 Å². The third-order valence-electron chi connectivity index (χ3n) is 3.09. The Kier molecular flexibility index (Phi) is 6.91. The molecule has 0 spiro atoms. The zero-order valence-corrected chi connectivity index (χ0v) is 13.2. The Morgan fingerprint density at radius 1 is 1.29 bits per heavy atom. The van der Waals surface area contributed by atoms with E-state index < -0.39 is 5.97 Å². The molecular weight excluding hydrogens is 268 g/mol. The number of rotatable bonds is 8. The normalized spacial score (nSPS) is 11.5. The van der Waals surface area contributed by atoms with E-state index in [0.717, 1.165) is 42.6 Å². The Hall–Kier alpha value is -1.85. The highest BCUT2D eigenvalue weighted by atomic mass is 16.5. The highest BCUT2D eigenvalue weighted by Crippen LogP contribution is 2.22. The van der Waals surface area contributed by atoms with Gasteiger partial charge in [-0.15, -0.1) is 0 Å². The summed E-state index contributed by atoms with van der Waals surface area (Å²) in [5, 5.41) is 8.69. The largest absolute Gasteiger partial charge is 0.496 e. The van der Waals surface area contributed by atoms with Crippen molar-refractivity contribution >= 4 is 12.0 Å². The van der Waals surface area contributed by atoms with Gasteiger partial charge in [-0.25, -0.2) is 4.79 Å². The average molecular weight is 292 g/mol. The number of carbonyl (C=O) groups is 1. The maximum Gasteiger partial charge on any atom is 0.328 e. The number of aliphatic carboxylic acids is 1. The van der Waals surface area contributed by atoms with Gasteiger partial charge in [-0.1, -0.05) is 6.07 Å². The van der Waals surface area contributed by atoms with E-state index in [4.69, 9.17) is 9.84 Å². The third-order valence-corrected chi connectivity index (χ3v) is 3.09. The Bertz CT molecular complexity index is 498. The predicted octanol–water partition coefficient (Wildman–Crippen LogP) is 1.79. The van der Waals surface area contributed by atoms with Crippen LogP contribution in [-0.2, 0) is 11.3 Å². The number of carboxylic acid groups (broad SMARTS) is 1. The average Bonchev–Trinajstić information content (AvgIpc) is 2.43. The molecule has 21 heavy (non-hydrogen) atoms. The van der Waals surface area contributed by atoms with Crippen LogP contribution in [-0.4, -0.2) is 62.2 Å². The van der Waals surface area contributed by atoms with Gasteiger partial charge in [0.2, 0.25) is 0 Å². The highest BCUT2D eigenvalue weighted by Gasteiger charge is 2.07. The number of hydrogen-bond donors (Lipinski definition) is 1. The van der Waals surface area contributed by atoms with Crippen molar-refractivity contribution in [2.24, 2.45) is 0 Å². The molecule has 0 bridgehead atoms. The lowest BCUT2D eigenvalue weighted by Crippen LogP contribution is -2.28. The van der Waals surface area contributed by atoms with Crippen molar-refractivity contribution in [1.82, 2.24) is 9.80 Å². The second-order valence-corrected chi connectivity index (χ2v) is 5.28. The molecule has 116 valence electrons. The standard InChI is InChI=1S/C16H24N2O3/c1-17(2)9-10-18(3)12-14-11-13(6-8-16(19)20)5-7-15(14)21-4/h5-8,11H,9-10,12H2,1-4H3,(H,19,20). The molecule has 1 aromatic rings. The number of benzene rings is 1. The van der Waals surface area contributed by atoms with Gasteiger partial charge < -0.3 is 19.6 Å². The molecule has 0 radical (unpaired) electrons. The van der Waals surface area contributed by atoms with E-state index in [-0.39, 0.29) is 0 Å². The van der Waals surface area contributed by atoms with Crippen LogP contribution in [0, 0.1) is 0 Å². The van der Waals surface area contributed by atoms with E-state index in [0.29, 0.717) is 0 Å². The van der Waals surface area contributed by atoms with Crippen molar-refractivity contribution in [1.29, 1.82) is 0 Å². The van der Waals surface area contributed by atoms with Crippen LogP contribution in [0.1, 0.15) is 11.1 Å². The maximum absolute atomic E-state index is 10.6. The molecule has 0 saturated heterocycles. The molecule has 0 amide bonds. The highest BCUT2D eigenvalue weighted by molar-refractivity contribution is 5.85. The van der Waals surface area contributed by atoms with Gasteiger partial charge in [0, 0.05) is 31.3 Å². The van der Waals surface area contributed by atoms with Gasteiger partial charge in [0.1, 0.15) is 5.75 Å². The Morgan fingerprint density at radius 2 is 2.00 bits per heavy atom. The van der Waals surface area contributed by atoms with E-state index in [1.54, 1.807) is 13.2 Å². The SMILES string of the molecule is COc1ccc(C=CC(=O)O)cc1CN(C)CCN(C)C. The molecule has 0 aliphatic heterocycles. The van der Waals surface area contributed by atoms with Crippen LogP contribution >= 0.6 is 0 Å². The van der Waals surface area contributed by atoms with Crippen LogP contribution < -0.4 is 4.74 Å². The predicted molar refractivity (Wildman–Crippen MR) is 84.6 cm³/mol. The Labute approximate surface area is 126 Å². The zero-order valence-electron chi connectivity index (χ0n) is 13.2. The van der Waals surface area contributed by atoms with Gasteiger partial charge in [-0.05, 0) is 44.9 Å². The summed E-state index contributed by atoms with van der Waals surface area (Å²) in [5.41, 5.74) is 1.90. The molecule has 0 unspecified atom stereocenters. The summed E-state index contributed by atoms with van der Waals surface area (Å²) in [6.45, 7) is 2.69. The molecule has 0 atom stereocenters. The lowest BCUT2D eigenvalue weighted by atomic mass is 10.1. The van der Waals surface area contributed by atoms with Crippen molar-refractivity contribution in [2.75, 3.05) is 41.3 Å². The summed E-state index contributed by atoms with van der Waals surface area (Å²) in [6.07, 6.45) is 2.73. The van der Waals surface area contributed by atoms with Crippen LogP contribution in [0.5, 0.6) is 5.75 Å². The summed E-state index contributed by atoms with van der Waals surface area (Å²) in [4.78, 5) is 14.9. The Balaban J connectivity index is 2.82. The monoisotopic (exact) mass is 292 g/mol. The summed E-state index contributed by atoms with van der Waals surface area (Å²) in [7, 11) is 7.80. The van der Waals surface area contributed by atoms with Gasteiger partial charge in [-0.2, -0.15) is 0 Å². The maximum atomic E-state index is 10.6. The minimum atomic E-state index is -0.949.